The van der Waals surface area contributed by atoms with Crippen LogP contribution in [0.1, 0.15) is 162 Å². The standard InChI is InChI=1S/C48H81NO7/c1-6-8-10-12-14-16-18-19-20-21-22-23-24-25-26-27-28-29-31-33-35-37-39-47(51)56-44(42-54-41-40-45(48(52)53)49(3,4)5)43-55-46(50)38-36-34-32-30-17-15-13-11-9-7-2/h8,10,14,16,19-20,22-23,25-26,28-29,44-45H,6-7,9,11-13,15,17-18,21,24,27,30-43H2,1-5H3/p+1/b10-8+,16-14+,20-19+,23-22+,26-25+,29-28+. The molecule has 0 aliphatic carbocycles. The van der Waals surface area contributed by atoms with Gasteiger partial charge in [0.2, 0.25) is 0 Å². The van der Waals surface area contributed by atoms with Crippen LogP contribution < -0.4 is 0 Å². The van der Waals surface area contributed by atoms with Crippen molar-refractivity contribution < 1.29 is 38.2 Å². The molecule has 0 aromatic heterocycles. The Morgan fingerprint density at radius 1 is 0.554 bits per heavy atom. The van der Waals surface area contributed by atoms with Crippen LogP contribution in [0.15, 0.2) is 72.9 Å². The van der Waals surface area contributed by atoms with Crippen LogP contribution in [-0.4, -0.2) is 80.6 Å². The lowest BCUT2D eigenvalue weighted by Gasteiger charge is -2.31. The molecule has 0 aliphatic rings. The average Bonchev–Trinajstić information content (AvgIpc) is 3.15. The SMILES string of the molecule is CC/C=C/C/C=C/C/C=C/C/C=C/C/C=C/C/C=C/CCCCCC(=O)OC(COCCC(C(=O)O)[N+](C)(C)C)COC(=O)CCCCCCCCCCCC. The highest BCUT2D eigenvalue weighted by Crippen LogP contribution is 2.13. The molecule has 0 radical (unpaired) electrons. The van der Waals surface area contributed by atoms with Gasteiger partial charge in [-0.1, -0.05) is 151 Å². The zero-order valence-electron chi connectivity index (χ0n) is 36.3. The van der Waals surface area contributed by atoms with Gasteiger partial charge in [0.15, 0.2) is 12.1 Å². The summed E-state index contributed by atoms with van der Waals surface area (Å²) < 4.78 is 17.2. The van der Waals surface area contributed by atoms with Gasteiger partial charge < -0.3 is 23.8 Å². The van der Waals surface area contributed by atoms with E-state index in [0.29, 0.717) is 12.8 Å². The number of ether oxygens (including phenoxy) is 3. The van der Waals surface area contributed by atoms with E-state index in [9.17, 15) is 19.5 Å². The van der Waals surface area contributed by atoms with Crippen molar-refractivity contribution in [1.82, 2.24) is 0 Å². The van der Waals surface area contributed by atoms with Crippen LogP contribution >= 0.6 is 0 Å². The number of unbranched alkanes of at least 4 members (excludes halogenated alkanes) is 12. The summed E-state index contributed by atoms with van der Waals surface area (Å²) in [4.78, 5) is 36.9. The second kappa shape index (κ2) is 38.6. The molecule has 1 N–H and O–H groups in total. The third-order valence-electron chi connectivity index (χ3n) is 9.37. The highest BCUT2D eigenvalue weighted by atomic mass is 16.6. The number of carboxylic acids is 1. The molecule has 8 nitrogen and oxygen atoms in total. The number of hydrogen-bond acceptors (Lipinski definition) is 6. The molecule has 0 heterocycles. The highest BCUT2D eigenvalue weighted by Gasteiger charge is 2.31. The summed E-state index contributed by atoms with van der Waals surface area (Å²) >= 11 is 0. The van der Waals surface area contributed by atoms with Crippen LogP contribution in [0.4, 0.5) is 0 Å². The fraction of sp³-hybridized carbons (Fsp3) is 0.688. The maximum absolute atomic E-state index is 12.7. The zero-order chi connectivity index (χ0) is 41.4. The first kappa shape index (κ1) is 52.8. The number of nitrogens with zero attached hydrogens (tertiary/aromatic N) is 1. The van der Waals surface area contributed by atoms with E-state index in [2.05, 4.69) is 86.8 Å². The van der Waals surface area contributed by atoms with Gasteiger partial charge in [-0.05, 0) is 64.2 Å². The first-order valence-electron chi connectivity index (χ1n) is 22.0. The number of carbonyl (C=O) groups is 3. The van der Waals surface area contributed by atoms with E-state index in [-0.39, 0.29) is 42.7 Å². The molecule has 2 unspecified atom stereocenters. The van der Waals surface area contributed by atoms with Gasteiger partial charge in [-0.25, -0.2) is 4.79 Å². The van der Waals surface area contributed by atoms with Gasteiger partial charge in [0.1, 0.15) is 6.61 Å². The average molecular weight is 785 g/mol. The Bertz CT molecular complexity index is 1140. The van der Waals surface area contributed by atoms with Crippen LogP contribution in [-0.2, 0) is 28.6 Å². The number of likely N-dealkylation sites (N-methyl/N-ethyl adjacent to an activating group) is 1. The van der Waals surface area contributed by atoms with E-state index in [1.54, 1.807) is 0 Å². The molecule has 0 spiro atoms. The Balaban J connectivity index is 4.39. The summed E-state index contributed by atoms with van der Waals surface area (Å²) in [5.74, 6) is -1.52. The van der Waals surface area contributed by atoms with Crippen LogP contribution in [0.2, 0.25) is 0 Å². The molecule has 320 valence electrons. The molecule has 0 saturated carbocycles. The fourth-order valence-corrected chi connectivity index (χ4v) is 5.98. The van der Waals surface area contributed by atoms with Gasteiger partial charge in [0, 0.05) is 19.3 Å². The number of rotatable bonds is 38. The summed E-state index contributed by atoms with van der Waals surface area (Å²) in [6.45, 7) is 4.56. The molecule has 0 rings (SSSR count). The minimum atomic E-state index is -0.884. The molecule has 2 atom stereocenters. The third kappa shape index (κ3) is 36.4. The van der Waals surface area contributed by atoms with Crippen molar-refractivity contribution in [3.63, 3.8) is 0 Å². The van der Waals surface area contributed by atoms with E-state index >= 15 is 0 Å². The Morgan fingerprint density at radius 3 is 1.48 bits per heavy atom. The molecule has 0 aromatic rings. The minimum Gasteiger partial charge on any atom is -0.477 e. The highest BCUT2D eigenvalue weighted by molar-refractivity contribution is 5.72. The predicted molar refractivity (Wildman–Crippen MR) is 233 cm³/mol. The quantitative estimate of drug-likeness (QED) is 0.0288. The number of aliphatic carboxylic acids is 1. The van der Waals surface area contributed by atoms with Gasteiger partial charge >= 0.3 is 17.9 Å². The summed E-state index contributed by atoms with van der Waals surface area (Å²) in [7, 11) is 5.50. The Kier molecular flexibility index (Phi) is 36.4. The van der Waals surface area contributed by atoms with Gasteiger partial charge in [0.25, 0.3) is 0 Å². The van der Waals surface area contributed by atoms with Gasteiger partial charge in [-0.3, -0.25) is 9.59 Å². The molecule has 0 fully saturated rings. The van der Waals surface area contributed by atoms with Crippen LogP contribution in [0, 0.1) is 0 Å². The van der Waals surface area contributed by atoms with Crippen LogP contribution in [0.25, 0.3) is 0 Å². The molecule has 56 heavy (non-hydrogen) atoms. The van der Waals surface area contributed by atoms with Crippen molar-refractivity contribution in [2.75, 3.05) is 41.0 Å². The molecule has 0 bridgehead atoms. The molecular weight excluding hydrogens is 703 g/mol. The first-order valence-corrected chi connectivity index (χ1v) is 22.0. The van der Waals surface area contributed by atoms with E-state index in [0.717, 1.165) is 83.5 Å². The first-order chi connectivity index (χ1) is 27.1. The molecule has 0 aromatic carbocycles. The topological polar surface area (TPSA) is 99.1 Å². The number of carbonyl (C=O) groups excluding carboxylic acids is 2. The number of hydrogen-bond donors (Lipinski definition) is 1. The second-order valence-corrected chi connectivity index (χ2v) is 15.6. The molecule has 0 aliphatic heterocycles. The van der Waals surface area contributed by atoms with Crippen molar-refractivity contribution in [3.05, 3.63) is 72.9 Å². The lowest BCUT2D eigenvalue weighted by Crippen LogP contribution is -2.50. The maximum atomic E-state index is 12.7. The largest absolute Gasteiger partial charge is 0.477 e. The summed E-state index contributed by atoms with van der Waals surface area (Å²) in [6.07, 6.45) is 48.0. The van der Waals surface area contributed by atoms with Gasteiger partial charge in [-0.2, -0.15) is 0 Å². The number of carboxylic acid groups (broad SMARTS) is 1. The fourth-order valence-electron chi connectivity index (χ4n) is 5.98. The van der Waals surface area contributed by atoms with Crippen molar-refractivity contribution in [2.24, 2.45) is 0 Å². The zero-order valence-corrected chi connectivity index (χ0v) is 36.3. The van der Waals surface area contributed by atoms with E-state index in [4.69, 9.17) is 14.2 Å². The van der Waals surface area contributed by atoms with Crippen LogP contribution in [0.5, 0.6) is 0 Å². The molecule has 0 saturated heterocycles. The van der Waals surface area contributed by atoms with E-state index < -0.39 is 18.1 Å². The van der Waals surface area contributed by atoms with E-state index in [1.807, 2.05) is 21.1 Å². The number of allylic oxidation sites excluding steroid dienone is 12. The van der Waals surface area contributed by atoms with Crippen molar-refractivity contribution in [1.29, 1.82) is 0 Å². The minimum absolute atomic E-state index is 0.0451. The summed E-state index contributed by atoms with van der Waals surface area (Å²) in [6, 6.07) is -0.622. The maximum Gasteiger partial charge on any atom is 0.362 e. The lowest BCUT2D eigenvalue weighted by atomic mass is 10.1. The Morgan fingerprint density at radius 2 is 1.00 bits per heavy atom. The van der Waals surface area contributed by atoms with Gasteiger partial charge in [-0.15, -0.1) is 0 Å². The molecule has 8 heteroatoms. The Hall–Kier alpha value is -3.23. The number of esters is 2. The third-order valence-corrected chi connectivity index (χ3v) is 9.37. The van der Waals surface area contributed by atoms with Crippen molar-refractivity contribution >= 4 is 17.9 Å². The van der Waals surface area contributed by atoms with E-state index in [1.165, 1.54) is 44.9 Å². The number of quaternary nitrogens is 1. The molecule has 0 amide bonds. The summed E-state index contributed by atoms with van der Waals surface area (Å²) in [5, 5.41) is 9.61. The second-order valence-electron chi connectivity index (χ2n) is 15.6. The normalized spacial score (nSPS) is 13.7. The Labute approximate surface area is 342 Å². The van der Waals surface area contributed by atoms with Crippen molar-refractivity contribution in [2.45, 2.75) is 174 Å². The molecular formula is C48H82NO7+. The van der Waals surface area contributed by atoms with Gasteiger partial charge in [0.05, 0.1) is 34.4 Å². The monoisotopic (exact) mass is 785 g/mol. The summed E-state index contributed by atoms with van der Waals surface area (Å²) in [5.41, 5.74) is 0. The smallest absolute Gasteiger partial charge is 0.362 e. The van der Waals surface area contributed by atoms with Crippen LogP contribution in [0.3, 0.4) is 0 Å². The lowest BCUT2D eigenvalue weighted by molar-refractivity contribution is -0.887. The van der Waals surface area contributed by atoms with Crippen molar-refractivity contribution in [3.8, 4) is 0 Å². The predicted octanol–water partition coefficient (Wildman–Crippen LogP) is 12.0.